The number of thioether (sulfide) groups is 1. The maximum atomic E-state index is 11.1. The highest BCUT2D eigenvalue weighted by atomic mass is 32.2. The molecule has 1 amide bonds. The smallest absolute Gasteiger partial charge is 0.327 e. The van der Waals surface area contributed by atoms with Crippen molar-refractivity contribution >= 4 is 29.7 Å². The number of fused-ring (bicyclic) bond motifs is 1. The van der Waals surface area contributed by atoms with Crippen LogP contribution in [-0.4, -0.2) is 38.8 Å². The lowest BCUT2D eigenvalue weighted by molar-refractivity contribution is -0.140. The molecule has 6 heteroatoms. The van der Waals surface area contributed by atoms with Gasteiger partial charge in [-0.3, -0.25) is 4.79 Å². The molecule has 2 rings (SSSR count). The average molecular weight is 307 g/mol. The summed E-state index contributed by atoms with van der Waals surface area (Å²) in [5.74, 6) is -1.42. The summed E-state index contributed by atoms with van der Waals surface area (Å²) in [5.41, 5.74) is 2.07. The van der Waals surface area contributed by atoms with Gasteiger partial charge in [0.2, 0.25) is 5.91 Å². The Morgan fingerprint density at radius 1 is 1.43 bits per heavy atom. The van der Waals surface area contributed by atoms with Crippen molar-refractivity contribution in [3.63, 3.8) is 0 Å². The van der Waals surface area contributed by atoms with Gasteiger partial charge >= 0.3 is 5.97 Å². The van der Waals surface area contributed by atoms with E-state index in [0.717, 1.165) is 22.9 Å². The Morgan fingerprint density at radius 2 is 2.14 bits per heavy atom. The third-order valence-corrected chi connectivity index (χ3v) is 4.48. The summed E-state index contributed by atoms with van der Waals surface area (Å²) in [6.45, 7) is 1.27. The maximum Gasteiger partial charge on any atom is 0.327 e. The van der Waals surface area contributed by atoms with Crippen molar-refractivity contribution in [2.45, 2.75) is 24.3 Å². The number of nitrogens with one attached hydrogen (secondary N) is 1. The molecule has 2 atom stereocenters. The fourth-order valence-corrected chi connectivity index (χ4v) is 3.26. The molecule has 112 valence electrons. The topological polar surface area (TPSA) is 86.6 Å². The molecule has 1 aliphatic carbocycles. The van der Waals surface area contributed by atoms with Gasteiger partial charge in [0, 0.05) is 19.1 Å². The molecule has 0 radical (unpaired) electrons. The van der Waals surface area contributed by atoms with Gasteiger partial charge in [-0.1, -0.05) is 30.3 Å². The number of amides is 1. The minimum atomic E-state index is -1.15. The van der Waals surface area contributed by atoms with E-state index in [2.05, 4.69) is 5.32 Å². The summed E-state index contributed by atoms with van der Waals surface area (Å²) >= 11 is 1.11. The number of aliphatic hydroxyl groups is 1. The van der Waals surface area contributed by atoms with Crippen molar-refractivity contribution in [2.24, 2.45) is 0 Å². The van der Waals surface area contributed by atoms with Crippen molar-refractivity contribution in [1.29, 1.82) is 0 Å². The van der Waals surface area contributed by atoms with Crippen LogP contribution in [0, 0.1) is 0 Å². The molecular formula is C15H17NO4S. The second-order valence-electron chi connectivity index (χ2n) is 4.96. The molecule has 0 fully saturated rings. The molecule has 2 unspecified atom stereocenters. The third kappa shape index (κ3) is 4.09. The number of benzene rings is 1. The molecule has 0 saturated carbocycles. The van der Waals surface area contributed by atoms with Crippen LogP contribution in [0.15, 0.2) is 30.3 Å². The van der Waals surface area contributed by atoms with E-state index in [-0.39, 0.29) is 5.75 Å². The molecule has 0 heterocycles. The van der Waals surface area contributed by atoms with Crippen LogP contribution >= 0.6 is 11.8 Å². The van der Waals surface area contributed by atoms with Gasteiger partial charge in [0.1, 0.15) is 11.0 Å². The summed E-state index contributed by atoms with van der Waals surface area (Å²) in [4.78, 5) is 20.9. The van der Waals surface area contributed by atoms with Crippen LogP contribution in [-0.2, 0) is 16.0 Å². The van der Waals surface area contributed by atoms with E-state index in [1.165, 1.54) is 6.92 Å². The summed E-state index contributed by atoms with van der Waals surface area (Å²) < 4.78 is 0. The first kappa shape index (κ1) is 15.6. The van der Waals surface area contributed by atoms with Crippen LogP contribution in [0.25, 0.3) is 6.08 Å². The molecule has 0 bridgehead atoms. The monoisotopic (exact) mass is 307 g/mol. The number of aliphatic carboxylic acids is 1. The van der Waals surface area contributed by atoms with Crippen LogP contribution in [0.1, 0.15) is 18.1 Å². The van der Waals surface area contributed by atoms with E-state index in [1.54, 1.807) is 6.08 Å². The van der Waals surface area contributed by atoms with Gasteiger partial charge in [0.05, 0.1) is 0 Å². The molecule has 21 heavy (non-hydrogen) atoms. The van der Waals surface area contributed by atoms with Crippen molar-refractivity contribution in [3.05, 3.63) is 41.5 Å². The quantitative estimate of drug-likeness (QED) is 0.713. The largest absolute Gasteiger partial charge is 0.480 e. The minimum absolute atomic E-state index is 0.0952. The number of carboxylic acids is 1. The number of hydrogen-bond acceptors (Lipinski definition) is 4. The van der Waals surface area contributed by atoms with Gasteiger partial charge in [0.15, 0.2) is 0 Å². The number of carboxylic acid groups (broad SMARTS) is 1. The molecule has 0 aromatic heterocycles. The molecule has 1 aromatic carbocycles. The van der Waals surface area contributed by atoms with Crippen LogP contribution in [0.3, 0.4) is 0 Å². The standard InChI is InChI=1S/C15H17NO4S/c1-10(17)16-13(14(18)19)9-21-15(20)7-6-11-4-2-3-5-12(11)8-15/h2-7,13,20H,8-9H2,1H3,(H,16,17)(H,18,19). The first-order valence-corrected chi connectivity index (χ1v) is 7.51. The highest BCUT2D eigenvalue weighted by Crippen LogP contribution is 2.34. The van der Waals surface area contributed by atoms with Gasteiger partial charge < -0.3 is 15.5 Å². The Kier molecular flexibility index (Phi) is 4.69. The molecule has 5 nitrogen and oxygen atoms in total. The van der Waals surface area contributed by atoms with E-state index in [1.807, 2.05) is 30.3 Å². The van der Waals surface area contributed by atoms with Crippen LogP contribution in [0.2, 0.25) is 0 Å². The summed E-state index contributed by atoms with van der Waals surface area (Å²) in [6, 6.07) is 6.72. The lowest BCUT2D eigenvalue weighted by Crippen LogP contribution is -2.43. The van der Waals surface area contributed by atoms with Gasteiger partial charge in [0.25, 0.3) is 0 Å². The predicted molar refractivity (Wildman–Crippen MR) is 81.8 cm³/mol. The van der Waals surface area contributed by atoms with Crippen LogP contribution < -0.4 is 5.32 Å². The normalized spacial score (nSPS) is 21.4. The predicted octanol–water partition coefficient (Wildman–Crippen LogP) is 1.27. The zero-order valence-electron chi connectivity index (χ0n) is 11.6. The fourth-order valence-electron chi connectivity index (χ4n) is 2.16. The Hall–Kier alpha value is -1.79. The van der Waals surface area contributed by atoms with Crippen molar-refractivity contribution < 1.29 is 19.8 Å². The number of hydrogen-bond donors (Lipinski definition) is 3. The third-order valence-electron chi connectivity index (χ3n) is 3.20. The molecule has 3 N–H and O–H groups in total. The average Bonchev–Trinajstić information content (AvgIpc) is 2.42. The zero-order chi connectivity index (χ0) is 15.5. The Bertz CT molecular complexity index is 587. The van der Waals surface area contributed by atoms with E-state index < -0.39 is 22.9 Å². The number of rotatable bonds is 5. The molecular weight excluding hydrogens is 290 g/mol. The maximum absolute atomic E-state index is 11.1. The Morgan fingerprint density at radius 3 is 2.81 bits per heavy atom. The zero-order valence-corrected chi connectivity index (χ0v) is 12.4. The van der Waals surface area contributed by atoms with Crippen molar-refractivity contribution in [3.8, 4) is 0 Å². The first-order valence-electron chi connectivity index (χ1n) is 6.53. The highest BCUT2D eigenvalue weighted by Gasteiger charge is 2.31. The number of carbonyl (C=O) groups is 2. The first-order chi connectivity index (χ1) is 9.89. The second kappa shape index (κ2) is 6.32. The van der Waals surface area contributed by atoms with Crippen LogP contribution in [0.4, 0.5) is 0 Å². The van der Waals surface area contributed by atoms with E-state index >= 15 is 0 Å². The van der Waals surface area contributed by atoms with Crippen LogP contribution in [0.5, 0.6) is 0 Å². The molecule has 1 aliphatic rings. The van der Waals surface area contributed by atoms with Gasteiger partial charge in [-0.15, -0.1) is 11.8 Å². The fraction of sp³-hybridized carbons (Fsp3) is 0.333. The molecule has 0 spiro atoms. The minimum Gasteiger partial charge on any atom is -0.480 e. The van der Waals surface area contributed by atoms with E-state index in [9.17, 15) is 14.7 Å². The van der Waals surface area contributed by atoms with Gasteiger partial charge in [-0.25, -0.2) is 4.79 Å². The summed E-state index contributed by atoms with van der Waals surface area (Å²) in [6.07, 6.45) is 3.92. The Labute approximate surface area is 127 Å². The summed E-state index contributed by atoms with van der Waals surface area (Å²) in [5, 5.41) is 22.0. The van der Waals surface area contributed by atoms with E-state index in [0.29, 0.717) is 6.42 Å². The Balaban J connectivity index is 2.03. The van der Waals surface area contributed by atoms with Gasteiger partial charge in [-0.2, -0.15) is 0 Å². The molecule has 1 aromatic rings. The number of carbonyl (C=O) groups excluding carboxylic acids is 1. The van der Waals surface area contributed by atoms with Crippen molar-refractivity contribution in [2.75, 3.05) is 5.75 Å². The highest BCUT2D eigenvalue weighted by molar-refractivity contribution is 8.00. The lowest BCUT2D eigenvalue weighted by atomic mass is 9.95. The van der Waals surface area contributed by atoms with Crippen molar-refractivity contribution in [1.82, 2.24) is 5.32 Å². The van der Waals surface area contributed by atoms with E-state index in [4.69, 9.17) is 5.11 Å². The molecule has 0 aliphatic heterocycles. The van der Waals surface area contributed by atoms with Gasteiger partial charge in [-0.05, 0) is 17.2 Å². The molecule has 0 saturated heterocycles. The SMILES string of the molecule is CC(=O)NC(CSC1(O)C=Cc2ccccc2C1)C(=O)O. The summed E-state index contributed by atoms with van der Waals surface area (Å²) in [7, 11) is 0. The second-order valence-corrected chi connectivity index (χ2v) is 6.29. The lowest BCUT2D eigenvalue weighted by Gasteiger charge is -2.29.